The van der Waals surface area contributed by atoms with Gasteiger partial charge in [0.2, 0.25) is 5.95 Å². The van der Waals surface area contributed by atoms with E-state index >= 15 is 0 Å². The summed E-state index contributed by atoms with van der Waals surface area (Å²) in [7, 11) is 0. The number of imidazole rings is 1. The summed E-state index contributed by atoms with van der Waals surface area (Å²) in [6.45, 7) is 3.50. The maximum atomic E-state index is 13.8. The molecule has 4 nitrogen and oxygen atoms in total. The first-order valence-electron chi connectivity index (χ1n) is 6.22. The van der Waals surface area contributed by atoms with E-state index in [1.165, 1.54) is 6.07 Å². The van der Waals surface area contributed by atoms with Crippen LogP contribution < -0.4 is 5.73 Å². The predicted octanol–water partition coefficient (Wildman–Crippen LogP) is 3.05. The fraction of sp³-hybridized carbons (Fsp3) is 0.462. The number of rotatable bonds is 1. The van der Waals surface area contributed by atoms with Crippen LogP contribution in [0.5, 0.6) is 0 Å². The van der Waals surface area contributed by atoms with Gasteiger partial charge in [0.15, 0.2) is 0 Å². The Morgan fingerprint density at radius 1 is 1.42 bits per heavy atom. The zero-order valence-electron chi connectivity index (χ0n) is 10.6. The Bertz CT molecular complexity index is 634. The first-order valence-corrected chi connectivity index (χ1v) is 7.02. The molecule has 0 aliphatic carbocycles. The van der Waals surface area contributed by atoms with Gasteiger partial charge in [0, 0.05) is 24.8 Å². The van der Waals surface area contributed by atoms with Gasteiger partial charge in [-0.3, -0.25) is 0 Å². The maximum Gasteiger partial charge on any atom is 0.201 e. The molecule has 1 fully saturated rings. The van der Waals surface area contributed by atoms with Crippen molar-refractivity contribution in [2.45, 2.75) is 25.3 Å². The average Bonchev–Trinajstić information content (AvgIpc) is 2.67. The highest BCUT2D eigenvalue weighted by atomic mass is 79.9. The number of anilines is 1. The summed E-state index contributed by atoms with van der Waals surface area (Å²) in [4.78, 5) is 4.34. The second-order valence-corrected chi connectivity index (χ2v) is 6.02. The van der Waals surface area contributed by atoms with Crippen molar-refractivity contribution in [2.75, 3.05) is 18.9 Å². The second kappa shape index (κ2) is 4.45. The summed E-state index contributed by atoms with van der Waals surface area (Å²) in [5.74, 6) is 0.126. The van der Waals surface area contributed by atoms with Crippen molar-refractivity contribution in [3.05, 3.63) is 22.4 Å². The van der Waals surface area contributed by atoms with Crippen molar-refractivity contribution in [1.29, 1.82) is 0 Å². The highest BCUT2D eigenvalue weighted by Gasteiger charge is 2.32. The summed E-state index contributed by atoms with van der Waals surface area (Å²) in [5.41, 5.74) is 7.32. The molecule has 19 heavy (non-hydrogen) atoms. The average molecular weight is 328 g/mol. The molecule has 0 amide bonds. The Kier molecular flexibility index (Phi) is 3.02. The molecule has 6 heteroatoms. The molecule has 1 aliphatic rings. The van der Waals surface area contributed by atoms with Crippen molar-refractivity contribution in [3.63, 3.8) is 0 Å². The lowest BCUT2D eigenvalue weighted by atomic mass is 9.92. The number of nitrogens with two attached hydrogens (primary N) is 1. The Balaban J connectivity index is 2.22. The number of fused-ring (bicyclic) bond motifs is 1. The van der Waals surface area contributed by atoms with E-state index in [0.29, 0.717) is 29.2 Å². The van der Waals surface area contributed by atoms with Crippen LogP contribution in [0.3, 0.4) is 0 Å². The van der Waals surface area contributed by atoms with Gasteiger partial charge in [-0.15, -0.1) is 0 Å². The first-order chi connectivity index (χ1) is 9.01. The Morgan fingerprint density at radius 2 is 2.11 bits per heavy atom. The normalized spacial score (nSPS) is 18.9. The van der Waals surface area contributed by atoms with Crippen molar-refractivity contribution >= 4 is 32.9 Å². The topological polar surface area (TPSA) is 53.1 Å². The van der Waals surface area contributed by atoms with Gasteiger partial charge in [-0.05, 0) is 41.8 Å². The largest absolute Gasteiger partial charge is 0.381 e. The number of ether oxygens (including phenoxy) is 1. The van der Waals surface area contributed by atoms with Crippen molar-refractivity contribution in [2.24, 2.45) is 0 Å². The number of halogens is 2. The fourth-order valence-electron chi connectivity index (χ4n) is 2.69. The van der Waals surface area contributed by atoms with Crippen LogP contribution in [0.4, 0.5) is 10.3 Å². The molecule has 2 aromatic rings. The molecule has 0 saturated carbocycles. The van der Waals surface area contributed by atoms with E-state index in [0.717, 1.165) is 18.4 Å². The zero-order valence-corrected chi connectivity index (χ0v) is 12.2. The van der Waals surface area contributed by atoms with E-state index < -0.39 is 0 Å². The van der Waals surface area contributed by atoms with Gasteiger partial charge in [0.05, 0.1) is 15.5 Å². The Hall–Kier alpha value is -1.14. The molecule has 0 spiro atoms. The Morgan fingerprint density at radius 3 is 2.79 bits per heavy atom. The predicted molar refractivity (Wildman–Crippen MR) is 75.5 cm³/mol. The second-order valence-electron chi connectivity index (χ2n) is 5.17. The fourth-order valence-corrected chi connectivity index (χ4v) is 3.02. The zero-order chi connectivity index (χ0) is 13.6. The van der Waals surface area contributed by atoms with Gasteiger partial charge >= 0.3 is 0 Å². The summed E-state index contributed by atoms with van der Waals surface area (Å²) in [5, 5.41) is 0. The van der Waals surface area contributed by atoms with E-state index in [2.05, 4.69) is 27.8 Å². The highest BCUT2D eigenvalue weighted by molar-refractivity contribution is 9.10. The van der Waals surface area contributed by atoms with Gasteiger partial charge in [-0.25, -0.2) is 9.37 Å². The molecular weight excluding hydrogens is 313 g/mol. The molecular formula is C13H15BrFN3O. The molecule has 0 atom stereocenters. The van der Waals surface area contributed by atoms with Crippen LogP contribution in [0.25, 0.3) is 11.0 Å². The molecule has 0 radical (unpaired) electrons. The molecule has 0 bridgehead atoms. The SMILES string of the molecule is CC1(n2c(N)nc3cc(Br)c(F)cc32)CCOCC1. The molecule has 2 heterocycles. The third-order valence-electron chi connectivity index (χ3n) is 3.83. The molecule has 1 aromatic carbocycles. The quantitative estimate of drug-likeness (QED) is 0.875. The van der Waals surface area contributed by atoms with Crippen molar-refractivity contribution in [3.8, 4) is 0 Å². The van der Waals surface area contributed by atoms with Crippen molar-refractivity contribution in [1.82, 2.24) is 9.55 Å². The lowest BCUT2D eigenvalue weighted by Crippen LogP contribution is -2.37. The summed E-state index contributed by atoms with van der Waals surface area (Å²) < 4.78 is 21.5. The van der Waals surface area contributed by atoms with Crippen LogP contribution >= 0.6 is 15.9 Å². The third kappa shape index (κ3) is 2.03. The number of nitrogen functional groups attached to an aromatic ring is 1. The standard InChI is InChI=1S/C13H15BrFN3O/c1-13(2-4-19-5-3-13)18-11-7-9(15)8(14)6-10(11)17-12(18)16/h6-7H,2-5H2,1H3,(H2,16,17). The molecule has 1 aromatic heterocycles. The molecule has 2 N–H and O–H groups in total. The molecule has 1 aliphatic heterocycles. The van der Waals surface area contributed by atoms with Crippen LogP contribution in [0.15, 0.2) is 16.6 Å². The molecule has 0 unspecified atom stereocenters. The minimum absolute atomic E-state index is 0.169. The number of nitrogens with zero attached hydrogens (tertiary/aromatic N) is 2. The minimum Gasteiger partial charge on any atom is -0.381 e. The van der Waals surface area contributed by atoms with Crippen LogP contribution in [-0.2, 0) is 10.3 Å². The maximum absolute atomic E-state index is 13.8. The summed E-state index contributed by atoms with van der Waals surface area (Å²) in [6, 6.07) is 3.16. The highest BCUT2D eigenvalue weighted by Crippen LogP contribution is 2.35. The number of hydrogen-bond donors (Lipinski definition) is 1. The number of aromatic nitrogens is 2. The van der Waals surface area contributed by atoms with E-state index in [1.807, 2.05) is 4.57 Å². The van der Waals surface area contributed by atoms with Gasteiger partial charge in [0.25, 0.3) is 0 Å². The smallest absolute Gasteiger partial charge is 0.201 e. The number of benzene rings is 1. The van der Waals surface area contributed by atoms with Crippen LogP contribution in [0.1, 0.15) is 19.8 Å². The van der Waals surface area contributed by atoms with Gasteiger partial charge < -0.3 is 15.0 Å². The third-order valence-corrected chi connectivity index (χ3v) is 4.44. The molecule has 3 rings (SSSR count). The monoisotopic (exact) mass is 327 g/mol. The van der Waals surface area contributed by atoms with Crippen LogP contribution in [0.2, 0.25) is 0 Å². The van der Waals surface area contributed by atoms with Gasteiger partial charge in [-0.2, -0.15) is 0 Å². The molecule has 102 valence electrons. The van der Waals surface area contributed by atoms with Crippen molar-refractivity contribution < 1.29 is 9.13 Å². The molecule has 1 saturated heterocycles. The minimum atomic E-state index is -0.302. The van der Waals surface area contributed by atoms with E-state index in [1.54, 1.807) is 6.07 Å². The lowest BCUT2D eigenvalue weighted by Gasteiger charge is -2.36. The first kappa shape index (κ1) is 12.9. The van der Waals surface area contributed by atoms with Crippen LogP contribution in [-0.4, -0.2) is 22.8 Å². The Labute approximate surface area is 118 Å². The van der Waals surface area contributed by atoms with Crippen LogP contribution in [0, 0.1) is 5.82 Å². The number of hydrogen-bond acceptors (Lipinski definition) is 3. The van der Waals surface area contributed by atoms with Gasteiger partial charge in [-0.1, -0.05) is 0 Å². The van der Waals surface area contributed by atoms with E-state index in [9.17, 15) is 4.39 Å². The van der Waals surface area contributed by atoms with E-state index in [4.69, 9.17) is 10.5 Å². The van der Waals surface area contributed by atoms with E-state index in [-0.39, 0.29) is 11.4 Å². The lowest BCUT2D eigenvalue weighted by molar-refractivity contribution is 0.0320. The van der Waals surface area contributed by atoms with Gasteiger partial charge in [0.1, 0.15) is 5.82 Å². The summed E-state index contributed by atoms with van der Waals surface area (Å²) >= 11 is 3.17. The summed E-state index contributed by atoms with van der Waals surface area (Å²) in [6.07, 6.45) is 1.70.